The van der Waals surface area contributed by atoms with Crippen molar-refractivity contribution in [2.24, 2.45) is 10.8 Å². The maximum absolute atomic E-state index is 12.4. The Balaban J connectivity index is 2.72. The molecule has 0 aromatic heterocycles. The molecule has 0 spiro atoms. The van der Waals surface area contributed by atoms with Crippen molar-refractivity contribution in [2.75, 3.05) is 19.8 Å². The summed E-state index contributed by atoms with van der Waals surface area (Å²) in [6.45, 7) is 19.1. The third kappa shape index (κ3) is 8.44. The van der Waals surface area contributed by atoms with Gasteiger partial charge in [0, 0.05) is 6.42 Å². The smallest absolute Gasteiger partial charge is 0.311 e. The molecule has 1 fully saturated rings. The molecule has 7 heteroatoms. The SMILES string of the molecule is C=CC(OC(=O)C(C)(C)C)[C@H](OCCCOC(=O)C(C)(C)C)[C@H]1COC(C)(C)O1. The third-order valence-electron chi connectivity index (χ3n) is 4.25. The van der Waals surface area contributed by atoms with Crippen molar-refractivity contribution in [1.29, 1.82) is 0 Å². The number of hydrogen-bond acceptors (Lipinski definition) is 7. The summed E-state index contributed by atoms with van der Waals surface area (Å²) >= 11 is 0. The van der Waals surface area contributed by atoms with E-state index in [1.54, 1.807) is 47.6 Å². The van der Waals surface area contributed by atoms with Gasteiger partial charge < -0.3 is 23.7 Å². The van der Waals surface area contributed by atoms with Crippen molar-refractivity contribution < 1.29 is 33.3 Å². The van der Waals surface area contributed by atoms with Gasteiger partial charge in [0.05, 0.1) is 30.7 Å². The number of rotatable bonds is 9. The number of carbonyl (C=O) groups excluding carboxylic acids is 2. The van der Waals surface area contributed by atoms with E-state index in [0.29, 0.717) is 19.6 Å². The topological polar surface area (TPSA) is 80.3 Å². The summed E-state index contributed by atoms with van der Waals surface area (Å²) in [6.07, 6.45) is 0.354. The van der Waals surface area contributed by atoms with E-state index in [1.165, 1.54) is 0 Å². The Morgan fingerprint density at radius 2 is 1.69 bits per heavy atom. The van der Waals surface area contributed by atoms with Gasteiger partial charge in [0.15, 0.2) is 5.79 Å². The van der Waals surface area contributed by atoms with E-state index in [1.807, 2.05) is 13.8 Å². The van der Waals surface area contributed by atoms with Crippen LogP contribution in [0.5, 0.6) is 0 Å². The summed E-state index contributed by atoms with van der Waals surface area (Å²) in [4.78, 5) is 24.2. The second-order valence-electron chi connectivity index (χ2n) is 9.80. The van der Waals surface area contributed by atoms with Crippen molar-refractivity contribution in [1.82, 2.24) is 0 Å². The van der Waals surface area contributed by atoms with Crippen molar-refractivity contribution in [2.45, 2.75) is 85.9 Å². The average molecular weight is 415 g/mol. The summed E-state index contributed by atoms with van der Waals surface area (Å²) in [5.41, 5.74) is -1.20. The lowest BCUT2D eigenvalue weighted by molar-refractivity contribution is -0.182. The van der Waals surface area contributed by atoms with Gasteiger partial charge in [-0.25, -0.2) is 0 Å². The number of esters is 2. The first-order valence-corrected chi connectivity index (χ1v) is 10.1. The van der Waals surface area contributed by atoms with Crippen LogP contribution in [0.4, 0.5) is 0 Å². The van der Waals surface area contributed by atoms with Crippen LogP contribution < -0.4 is 0 Å². The van der Waals surface area contributed by atoms with Gasteiger partial charge in [0.1, 0.15) is 18.3 Å². The first-order valence-electron chi connectivity index (χ1n) is 10.1. The maximum atomic E-state index is 12.4. The largest absolute Gasteiger partial charge is 0.465 e. The second-order valence-corrected chi connectivity index (χ2v) is 9.80. The molecule has 0 aromatic rings. The molecule has 0 aliphatic carbocycles. The maximum Gasteiger partial charge on any atom is 0.311 e. The van der Waals surface area contributed by atoms with E-state index in [0.717, 1.165) is 0 Å². The van der Waals surface area contributed by atoms with Crippen LogP contribution >= 0.6 is 0 Å². The molecule has 1 aliphatic heterocycles. The predicted molar refractivity (Wildman–Crippen MR) is 109 cm³/mol. The molecule has 1 aliphatic rings. The molecule has 0 amide bonds. The number of hydrogen-bond donors (Lipinski definition) is 0. The van der Waals surface area contributed by atoms with E-state index >= 15 is 0 Å². The Labute approximate surface area is 175 Å². The van der Waals surface area contributed by atoms with Crippen LogP contribution in [0.15, 0.2) is 12.7 Å². The van der Waals surface area contributed by atoms with Crippen molar-refractivity contribution in [3.8, 4) is 0 Å². The van der Waals surface area contributed by atoms with Crippen LogP contribution in [0.2, 0.25) is 0 Å². The molecular weight excluding hydrogens is 376 g/mol. The van der Waals surface area contributed by atoms with Crippen LogP contribution in [-0.2, 0) is 33.3 Å². The summed E-state index contributed by atoms with van der Waals surface area (Å²) in [7, 11) is 0. The highest BCUT2D eigenvalue weighted by Crippen LogP contribution is 2.29. The number of carbonyl (C=O) groups is 2. The normalized spacial score (nSPS) is 21.3. The zero-order chi connectivity index (χ0) is 22.5. The zero-order valence-corrected chi connectivity index (χ0v) is 19.2. The van der Waals surface area contributed by atoms with Crippen molar-refractivity contribution >= 4 is 11.9 Å². The van der Waals surface area contributed by atoms with E-state index in [-0.39, 0.29) is 18.5 Å². The van der Waals surface area contributed by atoms with Gasteiger partial charge in [0.25, 0.3) is 0 Å². The van der Waals surface area contributed by atoms with Gasteiger partial charge >= 0.3 is 11.9 Å². The molecule has 1 rings (SSSR count). The Hall–Kier alpha value is -1.44. The molecule has 0 saturated carbocycles. The summed E-state index contributed by atoms with van der Waals surface area (Å²) in [5.74, 6) is -1.35. The molecule has 0 bridgehead atoms. The highest BCUT2D eigenvalue weighted by Gasteiger charge is 2.42. The Bertz CT molecular complexity index is 569. The fourth-order valence-electron chi connectivity index (χ4n) is 2.50. The molecule has 3 atom stereocenters. The van der Waals surface area contributed by atoms with Crippen LogP contribution in [0.3, 0.4) is 0 Å². The lowest BCUT2D eigenvalue weighted by Gasteiger charge is -2.31. The summed E-state index contributed by atoms with van der Waals surface area (Å²) in [5, 5.41) is 0. The van der Waals surface area contributed by atoms with E-state index in [9.17, 15) is 9.59 Å². The minimum absolute atomic E-state index is 0.247. The summed E-state index contributed by atoms with van der Waals surface area (Å²) < 4.78 is 28.5. The average Bonchev–Trinajstić information content (AvgIpc) is 2.93. The molecule has 168 valence electrons. The minimum atomic E-state index is -0.742. The van der Waals surface area contributed by atoms with Crippen LogP contribution in [0, 0.1) is 10.8 Å². The Morgan fingerprint density at radius 3 is 2.14 bits per heavy atom. The minimum Gasteiger partial charge on any atom is -0.465 e. The van der Waals surface area contributed by atoms with E-state index < -0.39 is 34.9 Å². The molecule has 0 radical (unpaired) electrons. The van der Waals surface area contributed by atoms with E-state index in [4.69, 9.17) is 23.7 Å². The van der Waals surface area contributed by atoms with Crippen LogP contribution in [0.25, 0.3) is 0 Å². The molecule has 29 heavy (non-hydrogen) atoms. The highest BCUT2D eigenvalue weighted by molar-refractivity contribution is 5.76. The second kappa shape index (κ2) is 10.0. The van der Waals surface area contributed by atoms with Crippen LogP contribution in [0.1, 0.15) is 61.8 Å². The van der Waals surface area contributed by atoms with E-state index in [2.05, 4.69) is 6.58 Å². The lowest BCUT2D eigenvalue weighted by Crippen LogP contribution is -2.44. The van der Waals surface area contributed by atoms with Gasteiger partial charge in [0.2, 0.25) is 0 Å². The molecule has 0 N–H and O–H groups in total. The standard InChI is InChI=1S/C22H38O7/c1-10-15(28-19(24)21(5,6)7)17(16-14-27-22(8,9)29-16)25-12-11-13-26-18(23)20(2,3)4/h10,15-17H,1,11-14H2,2-9H3/t15?,16-,17+/m1/s1. The van der Waals surface area contributed by atoms with Gasteiger partial charge in [-0.15, -0.1) is 0 Å². The predicted octanol–water partition coefficient (Wildman–Crippen LogP) is 3.65. The molecule has 1 unspecified atom stereocenters. The summed E-state index contributed by atoms with van der Waals surface area (Å²) in [6, 6.07) is 0. The first-order chi connectivity index (χ1) is 13.2. The monoisotopic (exact) mass is 414 g/mol. The molecular formula is C22H38O7. The molecule has 1 heterocycles. The van der Waals surface area contributed by atoms with Gasteiger partial charge in [-0.1, -0.05) is 6.58 Å². The zero-order valence-electron chi connectivity index (χ0n) is 19.2. The fraction of sp³-hybridized carbons (Fsp3) is 0.818. The number of ether oxygens (including phenoxy) is 5. The first kappa shape index (κ1) is 25.6. The fourth-order valence-corrected chi connectivity index (χ4v) is 2.50. The molecule has 1 saturated heterocycles. The van der Waals surface area contributed by atoms with Crippen LogP contribution in [-0.4, -0.2) is 55.9 Å². The molecule has 7 nitrogen and oxygen atoms in total. The van der Waals surface area contributed by atoms with Crippen molar-refractivity contribution in [3.05, 3.63) is 12.7 Å². The Morgan fingerprint density at radius 1 is 1.10 bits per heavy atom. The highest BCUT2D eigenvalue weighted by atomic mass is 16.8. The van der Waals surface area contributed by atoms with Gasteiger partial charge in [-0.05, 0) is 61.5 Å². The molecule has 0 aromatic carbocycles. The third-order valence-corrected chi connectivity index (χ3v) is 4.25. The lowest BCUT2D eigenvalue weighted by atomic mass is 9.97. The Kier molecular flexibility index (Phi) is 8.87. The quantitative estimate of drug-likeness (QED) is 0.324. The van der Waals surface area contributed by atoms with Crippen molar-refractivity contribution in [3.63, 3.8) is 0 Å². The van der Waals surface area contributed by atoms with Gasteiger partial charge in [-0.2, -0.15) is 0 Å². The van der Waals surface area contributed by atoms with Gasteiger partial charge in [-0.3, -0.25) is 9.59 Å².